The number of carbonyl (C=O) groups is 3. The number of anilines is 3. The molecule has 0 spiro atoms. The van der Waals surface area contributed by atoms with Crippen LogP contribution >= 0.6 is 0 Å². The van der Waals surface area contributed by atoms with E-state index in [0.29, 0.717) is 28.4 Å². The number of amides is 3. The van der Waals surface area contributed by atoms with Crippen molar-refractivity contribution >= 4 is 40.4 Å². The predicted octanol–water partition coefficient (Wildman–Crippen LogP) is 4.67. The summed E-state index contributed by atoms with van der Waals surface area (Å²) in [6.45, 7) is 5.27. The van der Waals surface area contributed by atoms with E-state index in [0.717, 1.165) is 11.1 Å². The van der Waals surface area contributed by atoms with Gasteiger partial charge >= 0.3 is 0 Å². The Kier molecular flexibility index (Phi) is 6.19. The summed E-state index contributed by atoms with van der Waals surface area (Å²) >= 11 is 0. The van der Waals surface area contributed by atoms with Gasteiger partial charge in [0.2, 0.25) is 5.91 Å². The molecule has 3 aromatic rings. The zero-order valence-corrected chi connectivity index (χ0v) is 19.4. The average molecular weight is 456 g/mol. The molecule has 1 aliphatic heterocycles. The maximum absolute atomic E-state index is 13.7. The normalized spacial score (nSPS) is 13.4. The number of hydrogen-bond acceptors (Lipinski definition) is 5. The summed E-state index contributed by atoms with van der Waals surface area (Å²) < 4.78 is 5.42. The number of hydrogen-bond donors (Lipinski definition) is 2. The third-order valence-electron chi connectivity index (χ3n) is 5.41. The van der Waals surface area contributed by atoms with Crippen LogP contribution < -0.4 is 20.3 Å². The van der Waals surface area contributed by atoms with Crippen LogP contribution in [0.1, 0.15) is 23.6 Å². The van der Waals surface area contributed by atoms with Crippen LogP contribution in [-0.4, -0.2) is 24.8 Å². The molecule has 1 heterocycles. The van der Waals surface area contributed by atoms with Gasteiger partial charge in [0.25, 0.3) is 11.8 Å². The Labute approximate surface area is 198 Å². The van der Waals surface area contributed by atoms with E-state index in [-0.39, 0.29) is 17.2 Å². The van der Waals surface area contributed by atoms with Gasteiger partial charge in [-0.15, -0.1) is 0 Å². The summed E-state index contributed by atoms with van der Waals surface area (Å²) in [5.41, 5.74) is 4.51. The fourth-order valence-corrected chi connectivity index (χ4v) is 4.03. The molecule has 7 heteroatoms. The van der Waals surface area contributed by atoms with Gasteiger partial charge in [-0.05, 0) is 66.9 Å². The zero-order chi connectivity index (χ0) is 24.4. The monoisotopic (exact) mass is 455 g/mol. The standard InChI is InChI=1S/C27H25N3O4/c1-16-13-17(2)15-21(14-16)30-26(32)24(19-9-11-20(12-10-19)28-18(3)31)25(27(30)33)29-22-7-5-6-8-23(22)34-4/h5-15,29H,1-4H3,(H,28,31). The van der Waals surface area contributed by atoms with Gasteiger partial charge in [-0.1, -0.05) is 30.3 Å². The van der Waals surface area contributed by atoms with Gasteiger partial charge in [0.05, 0.1) is 24.1 Å². The molecule has 172 valence electrons. The molecule has 0 aromatic heterocycles. The number of nitrogens with zero attached hydrogens (tertiary/aromatic N) is 1. The first-order chi connectivity index (χ1) is 16.3. The van der Waals surface area contributed by atoms with Gasteiger partial charge in [0.1, 0.15) is 11.4 Å². The molecule has 3 amide bonds. The van der Waals surface area contributed by atoms with Crippen molar-refractivity contribution in [2.45, 2.75) is 20.8 Å². The summed E-state index contributed by atoms with van der Waals surface area (Å²) in [4.78, 5) is 39.9. The summed E-state index contributed by atoms with van der Waals surface area (Å²) in [5, 5.41) is 5.84. The van der Waals surface area contributed by atoms with E-state index in [9.17, 15) is 14.4 Å². The van der Waals surface area contributed by atoms with Crippen LogP contribution in [0.25, 0.3) is 5.57 Å². The van der Waals surface area contributed by atoms with Crippen molar-refractivity contribution < 1.29 is 19.1 Å². The second kappa shape index (κ2) is 9.23. The molecule has 0 unspecified atom stereocenters. The number of benzene rings is 3. The molecule has 0 atom stereocenters. The highest BCUT2D eigenvalue weighted by atomic mass is 16.5. The Morgan fingerprint density at radius 2 is 1.53 bits per heavy atom. The van der Waals surface area contributed by atoms with Crippen LogP contribution in [0.2, 0.25) is 0 Å². The highest BCUT2D eigenvalue weighted by Gasteiger charge is 2.40. The molecule has 0 saturated carbocycles. The molecule has 3 aromatic carbocycles. The number of aryl methyl sites for hydroxylation is 2. The summed E-state index contributed by atoms with van der Waals surface area (Å²) in [6, 6.07) is 19.6. The van der Waals surface area contributed by atoms with Crippen molar-refractivity contribution in [3.8, 4) is 5.75 Å². The van der Waals surface area contributed by atoms with Crippen LogP contribution in [0.3, 0.4) is 0 Å². The Hall–Kier alpha value is -4.39. The molecule has 0 fully saturated rings. The quantitative estimate of drug-likeness (QED) is 0.528. The molecule has 0 saturated heterocycles. The van der Waals surface area contributed by atoms with E-state index in [1.54, 1.807) is 43.5 Å². The maximum Gasteiger partial charge on any atom is 0.282 e. The minimum absolute atomic E-state index is 0.154. The highest BCUT2D eigenvalue weighted by molar-refractivity contribution is 6.46. The van der Waals surface area contributed by atoms with Gasteiger partial charge in [0.15, 0.2) is 0 Å². The summed E-state index contributed by atoms with van der Waals surface area (Å²) in [7, 11) is 1.54. The van der Waals surface area contributed by atoms with Crippen LogP contribution in [-0.2, 0) is 14.4 Å². The summed E-state index contributed by atoms with van der Waals surface area (Å²) in [5.74, 6) is -0.541. The van der Waals surface area contributed by atoms with Crippen molar-refractivity contribution in [3.63, 3.8) is 0 Å². The Balaban J connectivity index is 1.82. The predicted molar refractivity (Wildman–Crippen MR) is 133 cm³/mol. The van der Waals surface area contributed by atoms with Crippen molar-refractivity contribution in [3.05, 3.63) is 89.1 Å². The number of para-hydroxylation sites is 2. The van der Waals surface area contributed by atoms with E-state index in [1.807, 2.05) is 44.2 Å². The van der Waals surface area contributed by atoms with Crippen LogP contribution in [0.15, 0.2) is 72.4 Å². The third kappa shape index (κ3) is 4.41. The molecule has 34 heavy (non-hydrogen) atoms. The van der Waals surface area contributed by atoms with Gasteiger partial charge < -0.3 is 15.4 Å². The molecule has 4 rings (SSSR count). The number of carbonyl (C=O) groups excluding carboxylic acids is 3. The lowest BCUT2D eigenvalue weighted by Crippen LogP contribution is -2.32. The first-order valence-electron chi connectivity index (χ1n) is 10.8. The molecule has 2 N–H and O–H groups in total. The van der Waals surface area contributed by atoms with Crippen molar-refractivity contribution in [1.29, 1.82) is 0 Å². The van der Waals surface area contributed by atoms with Gasteiger partial charge in [-0.25, -0.2) is 4.90 Å². The van der Waals surface area contributed by atoms with Crippen LogP contribution in [0.4, 0.5) is 17.1 Å². The minimum Gasteiger partial charge on any atom is -0.495 e. The SMILES string of the molecule is COc1ccccc1NC1=C(c2ccc(NC(C)=O)cc2)C(=O)N(c2cc(C)cc(C)c2)C1=O. The van der Waals surface area contributed by atoms with Crippen LogP contribution in [0.5, 0.6) is 5.75 Å². The van der Waals surface area contributed by atoms with Gasteiger partial charge in [-0.3, -0.25) is 14.4 Å². The second-order valence-corrected chi connectivity index (χ2v) is 8.13. The number of methoxy groups -OCH3 is 1. The fraction of sp³-hybridized carbons (Fsp3) is 0.148. The lowest BCUT2D eigenvalue weighted by Gasteiger charge is -2.17. The third-order valence-corrected chi connectivity index (χ3v) is 5.41. The average Bonchev–Trinajstić information content (AvgIpc) is 3.03. The maximum atomic E-state index is 13.7. The Morgan fingerprint density at radius 3 is 2.15 bits per heavy atom. The molecule has 7 nitrogen and oxygen atoms in total. The number of ether oxygens (including phenoxy) is 1. The number of imide groups is 1. The van der Waals surface area contributed by atoms with E-state index in [2.05, 4.69) is 10.6 Å². The Morgan fingerprint density at radius 1 is 0.882 bits per heavy atom. The summed E-state index contributed by atoms with van der Waals surface area (Å²) in [6.07, 6.45) is 0. The van der Waals surface area contributed by atoms with Crippen molar-refractivity contribution in [2.24, 2.45) is 0 Å². The van der Waals surface area contributed by atoms with Gasteiger partial charge in [-0.2, -0.15) is 0 Å². The fourth-order valence-electron chi connectivity index (χ4n) is 4.03. The first-order valence-corrected chi connectivity index (χ1v) is 10.8. The van der Waals surface area contributed by atoms with Crippen LogP contribution in [0, 0.1) is 13.8 Å². The lowest BCUT2D eigenvalue weighted by molar-refractivity contribution is -0.120. The van der Waals surface area contributed by atoms with Gasteiger partial charge in [0, 0.05) is 12.6 Å². The molecule has 0 aliphatic carbocycles. The topological polar surface area (TPSA) is 87.7 Å². The van der Waals surface area contributed by atoms with E-state index in [1.165, 1.54) is 11.8 Å². The molecular formula is C27H25N3O4. The van der Waals surface area contributed by atoms with Crippen molar-refractivity contribution in [1.82, 2.24) is 0 Å². The molecule has 1 aliphatic rings. The number of rotatable bonds is 6. The second-order valence-electron chi connectivity index (χ2n) is 8.13. The molecule has 0 bridgehead atoms. The lowest BCUT2D eigenvalue weighted by atomic mass is 10.0. The highest BCUT2D eigenvalue weighted by Crippen LogP contribution is 2.36. The van der Waals surface area contributed by atoms with E-state index in [4.69, 9.17) is 4.74 Å². The minimum atomic E-state index is -0.457. The van der Waals surface area contributed by atoms with Crippen molar-refractivity contribution in [2.75, 3.05) is 22.6 Å². The number of nitrogens with one attached hydrogen (secondary N) is 2. The Bertz CT molecular complexity index is 1310. The smallest absolute Gasteiger partial charge is 0.282 e. The zero-order valence-electron chi connectivity index (χ0n) is 19.4. The van der Waals surface area contributed by atoms with E-state index < -0.39 is 11.8 Å². The van der Waals surface area contributed by atoms with E-state index >= 15 is 0 Å². The first kappa shape index (κ1) is 22.8. The molecular weight excluding hydrogens is 430 g/mol. The largest absolute Gasteiger partial charge is 0.495 e. The molecule has 0 radical (unpaired) electrons.